The van der Waals surface area contributed by atoms with Crippen molar-refractivity contribution in [1.29, 1.82) is 0 Å². The van der Waals surface area contributed by atoms with Gasteiger partial charge in [-0.25, -0.2) is 14.3 Å². The molecule has 1 atom stereocenters. The van der Waals surface area contributed by atoms with Crippen LogP contribution in [0.5, 0.6) is 0 Å². The molecule has 39 heavy (non-hydrogen) atoms. The van der Waals surface area contributed by atoms with Gasteiger partial charge < -0.3 is 14.1 Å². The fraction of sp³-hybridized carbons (Fsp3) is 0.133. The highest BCUT2D eigenvalue weighted by molar-refractivity contribution is 8.00. The van der Waals surface area contributed by atoms with Crippen molar-refractivity contribution in [3.05, 3.63) is 118 Å². The number of esters is 1. The Hall–Kier alpha value is -4.63. The molecule has 5 aromatic rings. The third-order valence-electron chi connectivity index (χ3n) is 6.62. The number of carbonyl (C=O) groups excluding carboxylic acids is 2. The van der Waals surface area contributed by atoms with Crippen LogP contribution in [0.25, 0.3) is 27.9 Å². The number of hydrogen-bond acceptors (Lipinski definition) is 7. The highest BCUT2D eigenvalue weighted by Crippen LogP contribution is 2.43. The molecule has 8 nitrogen and oxygen atoms in total. The van der Waals surface area contributed by atoms with Crippen LogP contribution in [0, 0.1) is 0 Å². The molecular formula is C30H23N3O5S. The first kappa shape index (κ1) is 24.7. The highest BCUT2D eigenvalue weighted by Gasteiger charge is 2.36. The molecule has 0 aliphatic carbocycles. The Kier molecular flexibility index (Phi) is 6.50. The van der Waals surface area contributed by atoms with Crippen molar-refractivity contribution in [3.8, 4) is 16.9 Å². The van der Waals surface area contributed by atoms with Gasteiger partial charge in [-0.1, -0.05) is 48.5 Å². The van der Waals surface area contributed by atoms with E-state index in [0.29, 0.717) is 34.7 Å². The topological polar surface area (TPSA) is 94.6 Å². The van der Waals surface area contributed by atoms with Crippen molar-refractivity contribution >= 4 is 34.6 Å². The molecule has 0 N–H and O–H groups in total. The Morgan fingerprint density at radius 2 is 1.77 bits per heavy atom. The van der Waals surface area contributed by atoms with E-state index < -0.39 is 11.6 Å². The second-order valence-electron chi connectivity index (χ2n) is 9.07. The molecule has 0 saturated carbocycles. The zero-order valence-electron chi connectivity index (χ0n) is 20.9. The van der Waals surface area contributed by atoms with Crippen LogP contribution < -0.4 is 5.63 Å². The smallest absolute Gasteiger partial charge is 0.345 e. The summed E-state index contributed by atoms with van der Waals surface area (Å²) in [7, 11) is 1.34. The van der Waals surface area contributed by atoms with Crippen LogP contribution in [-0.4, -0.2) is 39.4 Å². The van der Waals surface area contributed by atoms with Gasteiger partial charge in [-0.3, -0.25) is 4.79 Å². The Labute approximate surface area is 227 Å². The summed E-state index contributed by atoms with van der Waals surface area (Å²) in [5, 5.41) is 5.23. The molecule has 1 amide bonds. The molecule has 1 aliphatic rings. The number of nitrogens with zero attached hydrogens (tertiary/aromatic N) is 3. The van der Waals surface area contributed by atoms with E-state index in [1.165, 1.54) is 18.9 Å². The van der Waals surface area contributed by atoms with Crippen molar-refractivity contribution in [2.24, 2.45) is 0 Å². The zero-order valence-corrected chi connectivity index (χ0v) is 21.8. The first-order valence-corrected chi connectivity index (χ1v) is 13.3. The number of methoxy groups -OCH3 is 1. The van der Waals surface area contributed by atoms with Gasteiger partial charge in [0, 0.05) is 23.7 Å². The predicted octanol–water partition coefficient (Wildman–Crippen LogP) is 5.21. The summed E-state index contributed by atoms with van der Waals surface area (Å²) >= 11 is 1.49. The molecule has 3 heterocycles. The van der Waals surface area contributed by atoms with Gasteiger partial charge in [0.05, 0.1) is 29.7 Å². The van der Waals surface area contributed by atoms with Gasteiger partial charge in [-0.15, -0.1) is 11.8 Å². The van der Waals surface area contributed by atoms with E-state index in [2.05, 4.69) is 0 Å². The average molecular weight is 538 g/mol. The number of amides is 1. The van der Waals surface area contributed by atoms with Crippen LogP contribution in [0.3, 0.4) is 0 Å². The maximum absolute atomic E-state index is 13.2. The summed E-state index contributed by atoms with van der Waals surface area (Å²) in [6, 6.07) is 25.7. The minimum Gasteiger partial charge on any atom is -0.465 e. The molecule has 9 heteroatoms. The van der Waals surface area contributed by atoms with Crippen LogP contribution in [0.15, 0.2) is 100 Å². The van der Waals surface area contributed by atoms with E-state index in [-0.39, 0.29) is 11.3 Å². The van der Waals surface area contributed by atoms with Crippen LogP contribution in [0.4, 0.5) is 0 Å². The van der Waals surface area contributed by atoms with Gasteiger partial charge in [-0.05, 0) is 42.0 Å². The van der Waals surface area contributed by atoms with E-state index >= 15 is 0 Å². The minimum absolute atomic E-state index is 0.0222. The molecule has 0 spiro atoms. The number of benzene rings is 3. The number of rotatable bonds is 6. The maximum Gasteiger partial charge on any atom is 0.345 e. The monoisotopic (exact) mass is 537 g/mol. The van der Waals surface area contributed by atoms with E-state index in [1.807, 2.05) is 66.9 Å². The minimum atomic E-state index is -0.493. The van der Waals surface area contributed by atoms with Crippen LogP contribution in [-0.2, 0) is 16.1 Å². The average Bonchev–Trinajstić information content (AvgIpc) is 3.56. The summed E-state index contributed by atoms with van der Waals surface area (Å²) in [5.41, 5.74) is 3.68. The molecule has 194 valence electrons. The zero-order chi connectivity index (χ0) is 26.9. The number of aromatic nitrogens is 2. The summed E-state index contributed by atoms with van der Waals surface area (Å²) in [5.74, 6) is -0.141. The molecular weight excluding hydrogens is 514 g/mol. The molecule has 2 aromatic heterocycles. The second kappa shape index (κ2) is 10.3. The van der Waals surface area contributed by atoms with Gasteiger partial charge in [0.1, 0.15) is 16.7 Å². The van der Waals surface area contributed by atoms with Gasteiger partial charge >= 0.3 is 11.6 Å². The van der Waals surface area contributed by atoms with E-state index in [4.69, 9.17) is 14.3 Å². The number of hydrogen-bond donors (Lipinski definition) is 0. The molecule has 3 aromatic carbocycles. The lowest BCUT2D eigenvalue weighted by atomic mass is 10.1. The largest absolute Gasteiger partial charge is 0.465 e. The van der Waals surface area contributed by atoms with Crippen molar-refractivity contribution < 1.29 is 18.7 Å². The van der Waals surface area contributed by atoms with E-state index in [9.17, 15) is 14.4 Å². The highest BCUT2D eigenvalue weighted by atomic mass is 32.2. The third kappa shape index (κ3) is 4.72. The van der Waals surface area contributed by atoms with Gasteiger partial charge in [0.15, 0.2) is 0 Å². The lowest BCUT2D eigenvalue weighted by molar-refractivity contribution is -0.128. The fourth-order valence-corrected chi connectivity index (χ4v) is 5.85. The molecule has 6 rings (SSSR count). The summed E-state index contributed by atoms with van der Waals surface area (Å²) in [6.07, 6.45) is 1.88. The Morgan fingerprint density at radius 3 is 2.54 bits per heavy atom. The van der Waals surface area contributed by atoms with Crippen LogP contribution >= 0.6 is 11.8 Å². The SMILES string of the molecule is COC(=O)c1ccc(CN2C(=O)CS[C@H]2c2cn(-c3ccccc3)nc2-c2cc3ccccc3oc2=O)cc1. The maximum atomic E-state index is 13.2. The molecule has 1 aliphatic heterocycles. The number of carbonyl (C=O) groups is 2. The molecule has 1 fully saturated rings. The quantitative estimate of drug-likeness (QED) is 0.217. The summed E-state index contributed by atoms with van der Waals surface area (Å²) in [4.78, 5) is 39.8. The molecule has 0 unspecified atom stereocenters. The summed E-state index contributed by atoms with van der Waals surface area (Å²) in [6.45, 7) is 0.334. The number of para-hydroxylation sites is 2. The van der Waals surface area contributed by atoms with E-state index in [0.717, 1.165) is 22.2 Å². The first-order valence-electron chi connectivity index (χ1n) is 12.3. The normalized spacial score (nSPS) is 15.2. The van der Waals surface area contributed by atoms with Crippen molar-refractivity contribution in [1.82, 2.24) is 14.7 Å². The first-order chi connectivity index (χ1) is 19.0. The number of ether oxygens (including phenoxy) is 1. The van der Waals surface area contributed by atoms with Crippen LogP contribution in [0.1, 0.15) is 26.9 Å². The number of fused-ring (bicyclic) bond motifs is 1. The lowest BCUT2D eigenvalue weighted by Gasteiger charge is -2.24. The molecule has 0 bridgehead atoms. The van der Waals surface area contributed by atoms with Crippen molar-refractivity contribution in [2.75, 3.05) is 12.9 Å². The van der Waals surface area contributed by atoms with Crippen LogP contribution in [0.2, 0.25) is 0 Å². The third-order valence-corrected chi connectivity index (χ3v) is 7.86. The Balaban J connectivity index is 1.43. The van der Waals surface area contributed by atoms with Gasteiger partial charge in [0.25, 0.3) is 0 Å². The second-order valence-corrected chi connectivity index (χ2v) is 10.1. The molecule has 0 radical (unpaired) electrons. The van der Waals surface area contributed by atoms with E-state index in [1.54, 1.807) is 33.8 Å². The Morgan fingerprint density at radius 1 is 1.03 bits per heavy atom. The standard InChI is InChI=1S/C30H23N3O5S/c1-37-29(35)20-13-11-19(12-14-20)16-32-26(34)18-39-28(32)24-17-33(22-8-3-2-4-9-22)31-27(24)23-15-21-7-5-6-10-25(21)38-30(23)36/h2-15,17,28H,16,18H2,1H3/t28-/m0/s1. The van der Waals surface area contributed by atoms with Crippen molar-refractivity contribution in [3.63, 3.8) is 0 Å². The van der Waals surface area contributed by atoms with Crippen molar-refractivity contribution in [2.45, 2.75) is 11.9 Å². The lowest BCUT2D eigenvalue weighted by Crippen LogP contribution is -2.28. The fourth-order valence-electron chi connectivity index (χ4n) is 4.66. The molecule has 1 saturated heterocycles. The number of thioether (sulfide) groups is 1. The summed E-state index contributed by atoms with van der Waals surface area (Å²) < 4.78 is 12.1. The predicted molar refractivity (Wildman–Crippen MR) is 149 cm³/mol. The van der Waals surface area contributed by atoms with Gasteiger partial charge in [0.2, 0.25) is 5.91 Å². The Bertz CT molecular complexity index is 1740. The van der Waals surface area contributed by atoms with Gasteiger partial charge in [-0.2, -0.15) is 5.10 Å².